The van der Waals surface area contributed by atoms with E-state index in [-0.39, 0.29) is 30.3 Å². The first-order valence-electron chi connectivity index (χ1n) is 9.83. The number of Topliss-reactive ketones (excluding diaryl/α,β-unsaturated/α-hetero) is 1. The van der Waals surface area contributed by atoms with Crippen LogP contribution in [0, 0.1) is 0 Å². The minimum absolute atomic E-state index is 0.0450. The van der Waals surface area contributed by atoms with Gasteiger partial charge < -0.3 is 15.3 Å². The molecule has 0 aliphatic carbocycles. The van der Waals surface area contributed by atoms with Crippen LogP contribution in [-0.2, 0) is 16.0 Å². The van der Waals surface area contributed by atoms with E-state index in [9.17, 15) is 14.7 Å². The zero-order valence-electron chi connectivity index (χ0n) is 16.5. The molecule has 1 aliphatic heterocycles. The number of hydrogen-bond acceptors (Lipinski definition) is 4. The average Bonchev–Trinajstić information content (AvgIpc) is 2.81. The fourth-order valence-electron chi connectivity index (χ4n) is 3.81. The first-order valence-corrected chi connectivity index (χ1v) is 9.83. The second-order valence-electron chi connectivity index (χ2n) is 7.58. The Labute approximate surface area is 166 Å². The Balaban J connectivity index is 1.71. The number of aliphatic hydroxyl groups is 1. The number of nitrogens with one attached hydrogen (secondary N) is 1. The van der Waals surface area contributed by atoms with Gasteiger partial charge in [0.1, 0.15) is 5.78 Å². The van der Waals surface area contributed by atoms with Crippen LogP contribution < -0.4 is 10.2 Å². The third kappa shape index (κ3) is 4.86. The highest BCUT2D eigenvalue weighted by molar-refractivity contribution is 6.02. The number of para-hydroxylation sites is 1. The van der Waals surface area contributed by atoms with Crippen molar-refractivity contribution in [1.82, 2.24) is 5.32 Å². The van der Waals surface area contributed by atoms with Crippen LogP contribution in [0.25, 0.3) is 0 Å². The highest BCUT2D eigenvalue weighted by atomic mass is 16.3. The number of aliphatic hydroxyl groups excluding tert-OH is 1. The van der Waals surface area contributed by atoms with Crippen LogP contribution in [0.15, 0.2) is 54.6 Å². The number of ketones is 1. The maximum absolute atomic E-state index is 13.2. The fraction of sp³-hybridized carbons (Fsp3) is 0.391. The molecule has 0 aromatic heterocycles. The van der Waals surface area contributed by atoms with Crippen LogP contribution in [0.4, 0.5) is 5.69 Å². The number of fused-ring (bicyclic) bond motifs is 1. The minimum atomic E-state index is -0.588. The molecule has 2 aromatic rings. The van der Waals surface area contributed by atoms with Gasteiger partial charge in [0.2, 0.25) is 5.91 Å². The van der Waals surface area contributed by atoms with Gasteiger partial charge in [-0.3, -0.25) is 9.59 Å². The van der Waals surface area contributed by atoms with Crippen LogP contribution in [0.5, 0.6) is 0 Å². The summed E-state index contributed by atoms with van der Waals surface area (Å²) < 4.78 is 0. The summed E-state index contributed by atoms with van der Waals surface area (Å²) in [6.07, 6.45) is 1.35. The summed E-state index contributed by atoms with van der Waals surface area (Å²) in [4.78, 5) is 26.5. The maximum atomic E-state index is 13.2. The lowest BCUT2D eigenvalue weighted by atomic mass is 10.0. The van der Waals surface area contributed by atoms with Crippen LogP contribution in [0.3, 0.4) is 0 Å². The molecule has 0 spiro atoms. The molecule has 2 unspecified atom stereocenters. The first-order chi connectivity index (χ1) is 13.5. The molecule has 1 amide bonds. The predicted molar refractivity (Wildman–Crippen MR) is 110 cm³/mol. The molecule has 1 heterocycles. The SMILES string of the molecule is CC(=O)CN1C(=O)[C@@H](NC(C)CC(O)c2ccccc2)CCc2ccccc21. The third-order valence-electron chi connectivity index (χ3n) is 5.18. The highest BCUT2D eigenvalue weighted by Crippen LogP contribution is 2.27. The van der Waals surface area contributed by atoms with Gasteiger partial charge in [0.05, 0.1) is 18.7 Å². The van der Waals surface area contributed by atoms with E-state index in [0.717, 1.165) is 23.2 Å². The summed E-state index contributed by atoms with van der Waals surface area (Å²) in [5.41, 5.74) is 2.77. The van der Waals surface area contributed by atoms with E-state index in [1.54, 1.807) is 4.90 Å². The van der Waals surface area contributed by atoms with E-state index in [4.69, 9.17) is 0 Å². The molecular weight excluding hydrogens is 352 g/mol. The highest BCUT2D eigenvalue weighted by Gasteiger charge is 2.31. The van der Waals surface area contributed by atoms with Gasteiger partial charge in [-0.25, -0.2) is 0 Å². The monoisotopic (exact) mass is 380 g/mol. The Morgan fingerprint density at radius 3 is 2.57 bits per heavy atom. The molecule has 28 heavy (non-hydrogen) atoms. The van der Waals surface area contributed by atoms with Gasteiger partial charge in [0.25, 0.3) is 0 Å². The molecule has 3 rings (SSSR count). The Morgan fingerprint density at radius 2 is 1.86 bits per heavy atom. The Hall–Kier alpha value is -2.50. The summed E-state index contributed by atoms with van der Waals surface area (Å²) in [6.45, 7) is 3.56. The van der Waals surface area contributed by atoms with Crippen molar-refractivity contribution in [3.05, 3.63) is 65.7 Å². The summed E-state index contributed by atoms with van der Waals surface area (Å²) >= 11 is 0. The molecule has 2 N–H and O–H groups in total. The van der Waals surface area contributed by atoms with Crippen LogP contribution >= 0.6 is 0 Å². The van der Waals surface area contributed by atoms with Gasteiger partial charge in [0.15, 0.2) is 0 Å². The van der Waals surface area contributed by atoms with Gasteiger partial charge in [-0.2, -0.15) is 0 Å². The van der Waals surface area contributed by atoms with Crippen molar-refractivity contribution < 1.29 is 14.7 Å². The minimum Gasteiger partial charge on any atom is -0.388 e. The second-order valence-corrected chi connectivity index (χ2v) is 7.58. The predicted octanol–water partition coefficient (Wildman–Crippen LogP) is 3.03. The lowest BCUT2D eigenvalue weighted by Crippen LogP contribution is -2.50. The molecule has 5 heteroatoms. The number of nitrogens with zero attached hydrogens (tertiary/aromatic N) is 1. The van der Waals surface area contributed by atoms with Crippen LogP contribution in [0.1, 0.15) is 43.9 Å². The molecular formula is C23H28N2O3. The second kappa shape index (κ2) is 9.13. The summed E-state index contributed by atoms with van der Waals surface area (Å²) in [5.74, 6) is -0.127. The molecule has 5 nitrogen and oxygen atoms in total. The molecule has 0 saturated carbocycles. The normalized spacial score (nSPS) is 18.9. The first kappa shape index (κ1) is 20.2. The number of hydrogen-bond donors (Lipinski definition) is 2. The number of anilines is 1. The fourth-order valence-corrected chi connectivity index (χ4v) is 3.81. The molecule has 2 aromatic carbocycles. The summed E-state index contributed by atoms with van der Waals surface area (Å²) in [5, 5.41) is 13.9. The number of amides is 1. The van der Waals surface area contributed by atoms with E-state index in [1.807, 2.05) is 61.5 Å². The Bertz CT molecular complexity index is 822. The lowest BCUT2D eigenvalue weighted by Gasteiger charge is -2.28. The van der Waals surface area contributed by atoms with Crippen molar-refractivity contribution in [3.8, 4) is 0 Å². The molecule has 0 radical (unpaired) electrons. The van der Waals surface area contributed by atoms with Gasteiger partial charge in [-0.15, -0.1) is 0 Å². The topological polar surface area (TPSA) is 69.6 Å². The molecule has 148 valence electrons. The lowest BCUT2D eigenvalue weighted by molar-refractivity contribution is -0.123. The van der Waals surface area contributed by atoms with Crippen LogP contribution in [-0.4, -0.2) is 35.4 Å². The van der Waals surface area contributed by atoms with Crippen molar-refractivity contribution in [1.29, 1.82) is 0 Å². The van der Waals surface area contributed by atoms with Crippen molar-refractivity contribution in [2.24, 2.45) is 0 Å². The van der Waals surface area contributed by atoms with E-state index in [1.165, 1.54) is 6.92 Å². The zero-order chi connectivity index (χ0) is 20.1. The Morgan fingerprint density at radius 1 is 1.18 bits per heavy atom. The summed E-state index contributed by atoms with van der Waals surface area (Å²) in [7, 11) is 0. The number of carbonyl (C=O) groups excluding carboxylic acids is 2. The van der Waals surface area contributed by atoms with Crippen molar-refractivity contribution in [2.75, 3.05) is 11.4 Å². The molecule has 3 atom stereocenters. The van der Waals surface area contributed by atoms with E-state index < -0.39 is 6.10 Å². The molecule has 0 saturated heterocycles. The standard InChI is InChI=1S/C23H28N2O3/c1-16(14-22(27)19-9-4-3-5-10-19)24-20-13-12-18-8-6-7-11-21(18)25(23(20)28)15-17(2)26/h3-11,16,20,22,24,27H,12-15H2,1-2H3/t16?,20-,22?/m0/s1. The smallest absolute Gasteiger partial charge is 0.244 e. The van der Waals surface area contributed by atoms with E-state index >= 15 is 0 Å². The number of benzene rings is 2. The molecule has 1 aliphatic rings. The van der Waals surface area contributed by atoms with E-state index in [0.29, 0.717) is 12.8 Å². The maximum Gasteiger partial charge on any atom is 0.244 e. The van der Waals surface area contributed by atoms with Gasteiger partial charge >= 0.3 is 0 Å². The molecule has 0 fully saturated rings. The average molecular weight is 380 g/mol. The number of carbonyl (C=O) groups is 2. The molecule has 0 bridgehead atoms. The Kier molecular flexibility index (Phi) is 6.60. The van der Waals surface area contributed by atoms with Crippen molar-refractivity contribution in [3.63, 3.8) is 0 Å². The van der Waals surface area contributed by atoms with Crippen molar-refractivity contribution >= 4 is 17.4 Å². The number of aryl methyl sites for hydroxylation is 1. The van der Waals surface area contributed by atoms with Gasteiger partial charge in [-0.1, -0.05) is 48.5 Å². The van der Waals surface area contributed by atoms with Gasteiger partial charge in [0, 0.05) is 11.7 Å². The number of rotatable bonds is 7. The quantitative estimate of drug-likeness (QED) is 0.775. The van der Waals surface area contributed by atoms with Crippen LogP contribution in [0.2, 0.25) is 0 Å². The van der Waals surface area contributed by atoms with E-state index in [2.05, 4.69) is 5.32 Å². The zero-order valence-corrected chi connectivity index (χ0v) is 16.5. The van der Waals surface area contributed by atoms with Crippen molar-refractivity contribution in [2.45, 2.75) is 51.3 Å². The van der Waals surface area contributed by atoms with Gasteiger partial charge in [-0.05, 0) is 50.3 Å². The summed E-state index contributed by atoms with van der Waals surface area (Å²) in [6, 6.07) is 16.9. The third-order valence-corrected chi connectivity index (χ3v) is 5.18. The largest absolute Gasteiger partial charge is 0.388 e.